The molecule has 1 aromatic carbocycles. The Kier molecular flexibility index (Phi) is 3.26. The van der Waals surface area contributed by atoms with Gasteiger partial charge in [0.25, 0.3) is 12.3 Å². The molecule has 1 amide bonds. The summed E-state index contributed by atoms with van der Waals surface area (Å²) in [7, 11) is 1.49. The largest absolute Gasteiger partial charge is 0.322 e. The monoisotopic (exact) mass is 331 g/mol. The van der Waals surface area contributed by atoms with Crippen molar-refractivity contribution in [3.63, 3.8) is 0 Å². The van der Waals surface area contributed by atoms with Crippen LogP contribution < -0.4 is 5.32 Å². The first-order chi connectivity index (χ1) is 11.5. The van der Waals surface area contributed by atoms with Crippen LogP contribution in [0.4, 0.5) is 14.5 Å². The van der Waals surface area contributed by atoms with Gasteiger partial charge in [0, 0.05) is 30.8 Å². The molecule has 4 rings (SSSR count). The topological polar surface area (TPSA) is 64.0 Å². The summed E-state index contributed by atoms with van der Waals surface area (Å²) in [4.78, 5) is 24.7. The van der Waals surface area contributed by atoms with Gasteiger partial charge in [-0.05, 0) is 30.0 Å². The lowest BCUT2D eigenvalue weighted by Gasteiger charge is -2.17. The molecule has 1 N–H and O–H groups in total. The predicted molar refractivity (Wildman–Crippen MR) is 82.3 cm³/mol. The molecule has 1 saturated carbocycles. The van der Waals surface area contributed by atoms with Crippen molar-refractivity contribution in [1.29, 1.82) is 0 Å². The number of nitrogens with one attached hydrogen (secondary N) is 1. The summed E-state index contributed by atoms with van der Waals surface area (Å²) in [6.07, 6.45) is 0.0630. The van der Waals surface area contributed by atoms with Crippen molar-refractivity contribution < 1.29 is 18.4 Å². The van der Waals surface area contributed by atoms with E-state index in [1.807, 2.05) is 6.07 Å². The van der Waals surface area contributed by atoms with E-state index in [-0.39, 0.29) is 23.2 Å². The van der Waals surface area contributed by atoms with Crippen LogP contribution in [0.15, 0.2) is 24.4 Å². The molecular formula is C17H15F2N3O2. The van der Waals surface area contributed by atoms with Crippen LogP contribution in [0.1, 0.15) is 58.3 Å². The van der Waals surface area contributed by atoms with Gasteiger partial charge in [-0.3, -0.25) is 14.3 Å². The number of fused-ring (bicyclic) bond motifs is 5. The summed E-state index contributed by atoms with van der Waals surface area (Å²) >= 11 is 0. The van der Waals surface area contributed by atoms with E-state index in [4.69, 9.17) is 0 Å². The second kappa shape index (κ2) is 5.22. The lowest BCUT2D eigenvalue weighted by molar-refractivity contribution is -0.119. The van der Waals surface area contributed by atoms with Crippen molar-refractivity contribution in [1.82, 2.24) is 9.78 Å². The molecule has 1 aromatic heterocycles. The van der Waals surface area contributed by atoms with E-state index in [1.54, 1.807) is 12.1 Å². The van der Waals surface area contributed by atoms with E-state index in [0.29, 0.717) is 5.69 Å². The molecule has 0 spiro atoms. The van der Waals surface area contributed by atoms with Gasteiger partial charge in [-0.25, -0.2) is 8.78 Å². The number of carbonyl (C=O) groups excluding carboxylic acids is 2. The second-order valence-corrected chi connectivity index (χ2v) is 6.25. The maximum Gasteiger partial charge on any atom is 0.282 e. The Hall–Kier alpha value is -2.57. The number of benzene rings is 1. The standard InChI is InChI=1S/C17H15F2N3O2/c1-22-7-11(14(21-22)16(18)19)17(24)20-12-4-2-3-8-9-5-6-10(13(8)12)15(9)23/h2-4,7,9-10,16H,5-6H2,1H3,(H,20,24)/t9?,10-/m0/s1. The lowest BCUT2D eigenvalue weighted by Crippen LogP contribution is -2.16. The average molecular weight is 331 g/mol. The summed E-state index contributed by atoms with van der Waals surface area (Å²) in [6, 6.07) is 5.39. The van der Waals surface area contributed by atoms with Gasteiger partial charge in [0.1, 0.15) is 11.5 Å². The minimum Gasteiger partial charge on any atom is -0.322 e. The number of nitrogens with zero attached hydrogens (tertiary/aromatic N) is 2. The lowest BCUT2D eigenvalue weighted by atomic mass is 9.90. The highest BCUT2D eigenvalue weighted by atomic mass is 19.3. The Balaban J connectivity index is 1.69. The molecule has 5 nitrogen and oxygen atoms in total. The van der Waals surface area contributed by atoms with Gasteiger partial charge in [0.2, 0.25) is 0 Å². The zero-order chi connectivity index (χ0) is 17.0. The number of hydrogen-bond acceptors (Lipinski definition) is 3. The smallest absolute Gasteiger partial charge is 0.282 e. The second-order valence-electron chi connectivity index (χ2n) is 6.25. The number of aryl methyl sites for hydroxylation is 1. The van der Waals surface area contributed by atoms with Crippen LogP contribution in [0.3, 0.4) is 0 Å². The fourth-order valence-corrected chi connectivity index (χ4v) is 3.87. The third kappa shape index (κ3) is 2.07. The van der Waals surface area contributed by atoms with E-state index < -0.39 is 18.0 Å². The van der Waals surface area contributed by atoms with E-state index >= 15 is 0 Å². The van der Waals surface area contributed by atoms with Crippen molar-refractivity contribution >= 4 is 17.4 Å². The Morgan fingerprint density at radius 3 is 2.83 bits per heavy atom. The first kappa shape index (κ1) is 15.0. The number of alkyl halides is 2. The van der Waals surface area contributed by atoms with Crippen LogP contribution in [0.2, 0.25) is 0 Å². The van der Waals surface area contributed by atoms with Crippen molar-refractivity contribution in [2.75, 3.05) is 5.32 Å². The van der Waals surface area contributed by atoms with Crippen molar-refractivity contribution in [3.05, 3.63) is 46.8 Å². The maximum absolute atomic E-state index is 13.0. The molecule has 2 atom stereocenters. The van der Waals surface area contributed by atoms with E-state index in [0.717, 1.165) is 24.0 Å². The first-order valence-corrected chi connectivity index (χ1v) is 7.77. The summed E-state index contributed by atoms with van der Waals surface area (Å²) in [5.41, 5.74) is 1.63. The van der Waals surface area contributed by atoms with Gasteiger partial charge >= 0.3 is 0 Å². The molecule has 0 aliphatic heterocycles. The number of hydrogen-bond donors (Lipinski definition) is 1. The summed E-state index contributed by atoms with van der Waals surface area (Å²) in [5.74, 6) is -0.717. The molecule has 2 aliphatic carbocycles. The molecule has 0 radical (unpaired) electrons. The zero-order valence-corrected chi connectivity index (χ0v) is 12.9. The highest BCUT2D eigenvalue weighted by molar-refractivity contribution is 6.07. The number of anilines is 1. The fraction of sp³-hybridized carbons (Fsp3) is 0.353. The molecule has 1 unspecified atom stereocenters. The maximum atomic E-state index is 13.0. The Morgan fingerprint density at radius 2 is 2.08 bits per heavy atom. The SMILES string of the molecule is Cn1cc(C(=O)Nc2cccc3c2[C@@H]2CCC3C2=O)c(C(F)F)n1. The molecular weight excluding hydrogens is 316 g/mol. The van der Waals surface area contributed by atoms with Crippen LogP contribution in [0, 0.1) is 0 Å². The fourth-order valence-electron chi connectivity index (χ4n) is 3.87. The Morgan fingerprint density at radius 1 is 1.33 bits per heavy atom. The van der Waals surface area contributed by atoms with Crippen LogP contribution >= 0.6 is 0 Å². The van der Waals surface area contributed by atoms with Crippen LogP contribution in [-0.2, 0) is 11.8 Å². The molecule has 1 fully saturated rings. The van der Waals surface area contributed by atoms with Gasteiger partial charge < -0.3 is 5.32 Å². The van der Waals surface area contributed by atoms with Crippen molar-refractivity contribution in [3.8, 4) is 0 Å². The molecule has 7 heteroatoms. The molecule has 0 saturated heterocycles. The Bertz CT molecular complexity index is 860. The van der Waals surface area contributed by atoms with Gasteiger partial charge in [-0.15, -0.1) is 0 Å². The number of carbonyl (C=O) groups is 2. The average Bonchev–Trinajstić information content (AvgIpc) is 3.19. The van der Waals surface area contributed by atoms with Crippen molar-refractivity contribution in [2.24, 2.45) is 7.05 Å². The normalized spacial score (nSPS) is 21.4. The molecule has 2 aliphatic rings. The first-order valence-electron chi connectivity index (χ1n) is 7.77. The minimum atomic E-state index is -2.83. The van der Waals surface area contributed by atoms with E-state index in [1.165, 1.54) is 17.9 Å². The summed E-state index contributed by atoms with van der Waals surface area (Å²) in [6.45, 7) is 0. The number of aromatic nitrogens is 2. The molecule has 124 valence electrons. The molecule has 2 aromatic rings. The number of amides is 1. The minimum absolute atomic E-state index is 0.0862. The summed E-state index contributed by atoms with van der Waals surface area (Å²) < 4.78 is 27.3. The number of Topliss-reactive ketones (excluding diaryl/α,β-unsaturated/α-hetero) is 1. The quantitative estimate of drug-likeness (QED) is 0.940. The third-order valence-corrected chi connectivity index (χ3v) is 4.85. The molecule has 1 heterocycles. The number of ketones is 1. The Labute approximate surface area is 136 Å². The van der Waals surface area contributed by atoms with Crippen LogP contribution in [0.5, 0.6) is 0 Å². The molecule has 24 heavy (non-hydrogen) atoms. The van der Waals surface area contributed by atoms with Crippen LogP contribution in [0.25, 0.3) is 0 Å². The van der Waals surface area contributed by atoms with E-state index in [2.05, 4.69) is 10.4 Å². The third-order valence-electron chi connectivity index (χ3n) is 4.85. The number of halogens is 2. The van der Waals surface area contributed by atoms with Gasteiger partial charge in [0.15, 0.2) is 0 Å². The highest BCUT2D eigenvalue weighted by Crippen LogP contribution is 2.52. The highest BCUT2D eigenvalue weighted by Gasteiger charge is 2.46. The predicted octanol–water partition coefficient (Wildman–Crippen LogP) is 3.15. The zero-order valence-electron chi connectivity index (χ0n) is 12.9. The number of rotatable bonds is 3. The summed E-state index contributed by atoms with van der Waals surface area (Å²) in [5, 5.41) is 6.34. The van der Waals surface area contributed by atoms with Gasteiger partial charge in [-0.1, -0.05) is 12.1 Å². The molecule has 2 bridgehead atoms. The van der Waals surface area contributed by atoms with Crippen LogP contribution in [-0.4, -0.2) is 21.5 Å². The van der Waals surface area contributed by atoms with Gasteiger partial charge in [-0.2, -0.15) is 5.10 Å². The van der Waals surface area contributed by atoms with E-state index in [9.17, 15) is 18.4 Å². The van der Waals surface area contributed by atoms with Crippen molar-refractivity contribution in [2.45, 2.75) is 31.1 Å². The van der Waals surface area contributed by atoms with Gasteiger partial charge in [0.05, 0.1) is 5.56 Å².